The Hall–Kier alpha value is -1.24. The second-order valence-electron chi connectivity index (χ2n) is 5.04. The summed E-state index contributed by atoms with van der Waals surface area (Å²) in [5.41, 5.74) is 2.43. The fourth-order valence-corrected chi connectivity index (χ4v) is 2.53. The maximum absolute atomic E-state index is 5.89. The Morgan fingerprint density at radius 2 is 2.06 bits per heavy atom. The predicted octanol–water partition coefficient (Wildman–Crippen LogP) is 4.60. The van der Waals surface area contributed by atoms with Crippen LogP contribution in [0.3, 0.4) is 0 Å². The maximum Gasteiger partial charge on any atom is 0.119 e. The lowest BCUT2D eigenvalue weighted by atomic mass is 9.90. The average molecular weight is 230 g/mol. The van der Waals surface area contributed by atoms with Gasteiger partial charge in [0.2, 0.25) is 0 Å². The van der Waals surface area contributed by atoms with Crippen LogP contribution in [0.15, 0.2) is 24.8 Å². The summed E-state index contributed by atoms with van der Waals surface area (Å²) in [6.45, 7) is 6.78. The van der Waals surface area contributed by atoms with Gasteiger partial charge in [-0.1, -0.05) is 38.0 Å². The van der Waals surface area contributed by atoms with E-state index < -0.39 is 0 Å². The minimum atomic E-state index is 0.767. The fourth-order valence-electron chi connectivity index (χ4n) is 2.53. The van der Waals surface area contributed by atoms with E-state index in [1.165, 1.54) is 43.2 Å². The molecule has 1 saturated carbocycles. The summed E-state index contributed by atoms with van der Waals surface area (Å²) in [7, 11) is 0. The lowest BCUT2D eigenvalue weighted by Gasteiger charge is -2.21. The van der Waals surface area contributed by atoms with Crippen molar-refractivity contribution in [2.75, 3.05) is 6.61 Å². The first kappa shape index (κ1) is 12.2. The summed E-state index contributed by atoms with van der Waals surface area (Å²) < 4.78 is 5.89. The predicted molar refractivity (Wildman–Crippen MR) is 73.3 cm³/mol. The first-order valence-electron chi connectivity index (χ1n) is 6.65. The smallest absolute Gasteiger partial charge is 0.119 e. The third kappa shape index (κ3) is 3.36. The molecule has 1 fully saturated rings. The van der Waals surface area contributed by atoms with Crippen molar-refractivity contribution in [2.45, 2.75) is 39.0 Å². The second kappa shape index (κ2) is 5.90. The van der Waals surface area contributed by atoms with Gasteiger partial charge in [0.05, 0.1) is 6.61 Å². The average Bonchev–Trinajstić information content (AvgIpc) is 2.38. The molecule has 2 rings (SSSR count). The van der Waals surface area contributed by atoms with Crippen LogP contribution in [0.25, 0.3) is 6.08 Å². The first-order valence-corrected chi connectivity index (χ1v) is 6.65. The van der Waals surface area contributed by atoms with Crippen molar-refractivity contribution in [3.63, 3.8) is 0 Å². The molecule has 0 aliphatic heterocycles. The summed E-state index contributed by atoms with van der Waals surface area (Å²) in [4.78, 5) is 0. The highest BCUT2D eigenvalue weighted by Gasteiger charge is 2.13. The normalized spacial score (nSPS) is 16.8. The Kier molecular flexibility index (Phi) is 4.24. The molecule has 0 unspecified atom stereocenters. The molecule has 1 aliphatic rings. The molecular weight excluding hydrogens is 208 g/mol. The third-order valence-corrected chi connectivity index (χ3v) is 3.67. The largest absolute Gasteiger partial charge is 0.493 e. The van der Waals surface area contributed by atoms with Gasteiger partial charge >= 0.3 is 0 Å². The Balaban J connectivity index is 1.90. The van der Waals surface area contributed by atoms with Gasteiger partial charge in [0.1, 0.15) is 5.75 Å². The molecule has 1 aromatic carbocycles. The molecule has 0 saturated heterocycles. The van der Waals surface area contributed by atoms with E-state index in [0.29, 0.717) is 0 Å². The molecule has 0 radical (unpaired) electrons. The lowest BCUT2D eigenvalue weighted by molar-refractivity contribution is 0.209. The Labute approximate surface area is 104 Å². The van der Waals surface area contributed by atoms with Crippen molar-refractivity contribution >= 4 is 6.08 Å². The van der Waals surface area contributed by atoms with E-state index in [9.17, 15) is 0 Å². The van der Waals surface area contributed by atoms with E-state index in [4.69, 9.17) is 4.74 Å². The van der Waals surface area contributed by atoms with Gasteiger partial charge in [0.25, 0.3) is 0 Å². The molecule has 0 bridgehead atoms. The Morgan fingerprint density at radius 1 is 1.29 bits per heavy atom. The number of hydrogen-bond donors (Lipinski definition) is 0. The molecule has 0 heterocycles. The van der Waals surface area contributed by atoms with Crippen LogP contribution in [-0.2, 0) is 0 Å². The van der Waals surface area contributed by atoms with Crippen molar-refractivity contribution < 1.29 is 4.74 Å². The van der Waals surface area contributed by atoms with Crippen molar-refractivity contribution in [3.05, 3.63) is 35.9 Å². The summed E-state index contributed by atoms with van der Waals surface area (Å²) in [6, 6.07) is 6.24. The van der Waals surface area contributed by atoms with E-state index in [1.807, 2.05) is 12.1 Å². The molecule has 1 aromatic rings. The van der Waals surface area contributed by atoms with E-state index in [0.717, 1.165) is 18.3 Å². The van der Waals surface area contributed by atoms with Gasteiger partial charge in [0, 0.05) is 0 Å². The van der Waals surface area contributed by atoms with Crippen molar-refractivity contribution in [3.8, 4) is 5.75 Å². The zero-order valence-electron chi connectivity index (χ0n) is 10.7. The molecule has 0 amide bonds. The standard InChI is InChI=1S/C16H22O/c1-3-15-9-10-16(11-13(15)2)17-12-14-7-5-4-6-8-14/h3,9-11,14H,1,4-8,12H2,2H3. The molecular formula is C16H22O. The monoisotopic (exact) mass is 230 g/mol. The van der Waals surface area contributed by atoms with Gasteiger partial charge in [-0.25, -0.2) is 0 Å². The number of hydrogen-bond acceptors (Lipinski definition) is 1. The van der Waals surface area contributed by atoms with Crippen LogP contribution in [-0.4, -0.2) is 6.61 Å². The van der Waals surface area contributed by atoms with Crippen LogP contribution in [0.1, 0.15) is 43.2 Å². The van der Waals surface area contributed by atoms with Crippen LogP contribution < -0.4 is 4.74 Å². The maximum atomic E-state index is 5.89. The molecule has 0 N–H and O–H groups in total. The Morgan fingerprint density at radius 3 is 2.71 bits per heavy atom. The van der Waals surface area contributed by atoms with Gasteiger partial charge in [-0.15, -0.1) is 0 Å². The van der Waals surface area contributed by atoms with E-state index in [2.05, 4.69) is 25.6 Å². The molecule has 0 spiro atoms. The molecule has 1 nitrogen and oxygen atoms in total. The first-order chi connectivity index (χ1) is 8.29. The third-order valence-electron chi connectivity index (χ3n) is 3.67. The SMILES string of the molecule is C=Cc1ccc(OCC2CCCCC2)cc1C. The van der Waals surface area contributed by atoms with Crippen LogP contribution >= 0.6 is 0 Å². The molecule has 0 aromatic heterocycles. The molecule has 92 valence electrons. The van der Waals surface area contributed by atoms with Gasteiger partial charge < -0.3 is 4.74 Å². The fraction of sp³-hybridized carbons (Fsp3) is 0.500. The van der Waals surface area contributed by atoms with Crippen LogP contribution in [0.2, 0.25) is 0 Å². The van der Waals surface area contributed by atoms with Crippen LogP contribution in [0, 0.1) is 12.8 Å². The van der Waals surface area contributed by atoms with Gasteiger partial charge in [-0.2, -0.15) is 0 Å². The zero-order valence-corrected chi connectivity index (χ0v) is 10.7. The number of rotatable bonds is 4. The highest BCUT2D eigenvalue weighted by atomic mass is 16.5. The summed E-state index contributed by atoms with van der Waals surface area (Å²) in [5.74, 6) is 1.77. The molecule has 17 heavy (non-hydrogen) atoms. The van der Waals surface area contributed by atoms with E-state index >= 15 is 0 Å². The summed E-state index contributed by atoms with van der Waals surface area (Å²) in [5, 5.41) is 0. The summed E-state index contributed by atoms with van der Waals surface area (Å²) >= 11 is 0. The molecule has 1 heteroatoms. The molecule has 0 atom stereocenters. The van der Waals surface area contributed by atoms with E-state index in [-0.39, 0.29) is 0 Å². The van der Waals surface area contributed by atoms with Gasteiger partial charge in [0.15, 0.2) is 0 Å². The van der Waals surface area contributed by atoms with Crippen molar-refractivity contribution in [1.29, 1.82) is 0 Å². The second-order valence-corrected chi connectivity index (χ2v) is 5.04. The number of aryl methyl sites for hydroxylation is 1. The topological polar surface area (TPSA) is 9.23 Å². The molecule has 1 aliphatic carbocycles. The number of ether oxygens (including phenoxy) is 1. The van der Waals surface area contributed by atoms with Gasteiger partial charge in [-0.3, -0.25) is 0 Å². The van der Waals surface area contributed by atoms with Gasteiger partial charge in [-0.05, 0) is 48.9 Å². The quantitative estimate of drug-likeness (QED) is 0.734. The minimum Gasteiger partial charge on any atom is -0.493 e. The Bertz CT molecular complexity index is 375. The minimum absolute atomic E-state index is 0.767. The highest BCUT2D eigenvalue weighted by molar-refractivity contribution is 5.53. The highest BCUT2D eigenvalue weighted by Crippen LogP contribution is 2.25. The summed E-state index contributed by atoms with van der Waals surface area (Å²) in [6.07, 6.45) is 8.72. The van der Waals surface area contributed by atoms with Crippen molar-refractivity contribution in [2.24, 2.45) is 5.92 Å². The van der Waals surface area contributed by atoms with Crippen LogP contribution in [0.5, 0.6) is 5.75 Å². The lowest BCUT2D eigenvalue weighted by Crippen LogP contribution is -2.15. The van der Waals surface area contributed by atoms with Crippen molar-refractivity contribution in [1.82, 2.24) is 0 Å². The van der Waals surface area contributed by atoms with Crippen LogP contribution in [0.4, 0.5) is 0 Å². The zero-order chi connectivity index (χ0) is 12.1. The number of benzene rings is 1. The van der Waals surface area contributed by atoms with E-state index in [1.54, 1.807) is 0 Å².